The zero-order chi connectivity index (χ0) is 40.4. The zero-order valence-corrected chi connectivity index (χ0v) is 31.3. The van der Waals surface area contributed by atoms with Crippen molar-refractivity contribution in [1.29, 1.82) is 0 Å². The molecule has 0 spiro atoms. The molecule has 32 nitrogen and oxygen atoms in total. The van der Waals surface area contributed by atoms with Gasteiger partial charge in [0.2, 0.25) is 11.9 Å². The number of nitrogens with two attached hydrogens (primary N) is 2. The fourth-order valence-electron chi connectivity index (χ4n) is 5.42. The molecule has 6 aliphatic rings. The molecule has 16 N–H and O–H groups in total. The first kappa shape index (κ1) is 44.0. The lowest BCUT2D eigenvalue weighted by Crippen LogP contribution is -2.49. The molecule has 36 heteroatoms. The van der Waals surface area contributed by atoms with Gasteiger partial charge in [0.05, 0.1) is 25.9 Å². The standard InChI is InChI=1S/C20H28N10O21P4.H3N/c21-19-25-13-7(15(35)27-19)23-3-29(13)17-11(33)9(31)5(47-17)1-45-52(37,38)49-54(41,42)51-55(43,44)50-53(39,40)46-2-6-10(32)12(34)18(48-6)30-4-24-8-14(30)26-20(22)28-16(8)36;/h3-12,17-18,31-34H,1-2H2,(H,37,38)(H,39,40)(H,41,42)(H,43,44)(H2,21,27,35)(H2,22,28,36);1H3/p+1. The first-order valence-corrected chi connectivity index (χ1v) is 20.8. The molecule has 6 rings (SSSR count). The largest absolute Gasteiger partial charge is 0.490 e. The van der Waals surface area contributed by atoms with E-state index in [2.05, 4.69) is 51.9 Å². The van der Waals surface area contributed by atoms with Gasteiger partial charge >= 0.3 is 31.3 Å². The lowest BCUT2D eigenvalue weighted by atomic mass is 10.1. The maximum absolute atomic E-state index is 12.4. The van der Waals surface area contributed by atoms with Crippen molar-refractivity contribution in [3.8, 4) is 0 Å². The summed E-state index contributed by atoms with van der Waals surface area (Å²) in [7, 11) is -24.2. The number of rotatable bonds is 14. The first-order valence-electron chi connectivity index (χ1n) is 14.8. The van der Waals surface area contributed by atoms with Gasteiger partial charge in [0.25, 0.3) is 11.8 Å². The summed E-state index contributed by atoms with van der Waals surface area (Å²) in [5.41, 5.74) is 11.0. The van der Waals surface area contributed by atoms with Crippen LogP contribution in [0.5, 0.6) is 0 Å². The van der Waals surface area contributed by atoms with Crippen molar-refractivity contribution in [1.82, 2.24) is 16.0 Å². The van der Waals surface area contributed by atoms with Crippen LogP contribution in [0, 0.1) is 0 Å². The van der Waals surface area contributed by atoms with E-state index >= 15 is 0 Å². The molecule has 312 valence electrons. The number of hydrogen-bond acceptors (Lipinski definition) is 25. The molecule has 0 aliphatic carbocycles. The lowest BCUT2D eigenvalue weighted by molar-refractivity contribution is -0.118. The Labute approximate surface area is 310 Å². The predicted molar refractivity (Wildman–Crippen MR) is 178 cm³/mol. The van der Waals surface area contributed by atoms with Gasteiger partial charge in [-0.25, -0.2) is 18.3 Å². The second kappa shape index (κ2) is 15.9. The Morgan fingerprint density at radius 1 is 0.607 bits per heavy atom. The number of carbonyl (C=O) groups is 2. The molecular formula is C20H32N11O21P4+. The first-order chi connectivity index (χ1) is 25.5. The third-order valence-corrected chi connectivity index (χ3v) is 13.6. The van der Waals surface area contributed by atoms with Crippen LogP contribution in [0.1, 0.15) is 0 Å². The smallest absolute Gasteiger partial charge is 0.387 e. The number of aliphatic hydroxyl groups is 4. The second-order valence-electron chi connectivity index (χ2n) is 11.5. The Bertz CT molecular complexity index is 1880. The van der Waals surface area contributed by atoms with Crippen LogP contribution in [0.4, 0.5) is 0 Å². The molecule has 0 radical (unpaired) electrons. The molecule has 56 heavy (non-hydrogen) atoms. The maximum atomic E-state index is 12.4. The van der Waals surface area contributed by atoms with Crippen molar-refractivity contribution in [2.24, 2.45) is 41.4 Å². The summed E-state index contributed by atoms with van der Waals surface area (Å²) in [4.78, 5) is 88.0. The van der Waals surface area contributed by atoms with Gasteiger partial charge in [-0.05, 0) is 0 Å². The molecule has 2 amide bonds. The molecule has 0 bridgehead atoms. The average Bonchev–Trinajstić information content (AvgIpc) is 3.79. The maximum Gasteiger partial charge on any atom is 0.490 e. The third kappa shape index (κ3) is 9.25. The van der Waals surface area contributed by atoms with Crippen molar-refractivity contribution in [3.63, 3.8) is 0 Å². The average molecular weight is 886 g/mol. The normalized spacial score (nSPS) is 36.6. The second-order valence-corrected chi connectivity index (χ2v) is 17.7. The van der Waals surface area contributed by atoms with Crippen LogP contribution in [-0.2, 0) is 59.3 Å². The molecule has 2 saturated heterocycles. The number of ether oxygens (including phenoxy) is 2. The van der Waals surface area contributed by atoms with E-state index < -0.39 is 129 Å². The number of carbonyl (C=O) groups excluding carboxylic acids is 2. The lowest BCUT2D eigenvalue weighted by Gasteiger charge is -2.27. The number of phosphoric acid groups is 4. The number of aliphatic imine (C=N–C) groups is 6. The summed E-state index contributed by atoms with van der Waals surface area (Å²) < 4.78 is 80.9. The summed E-state index contributed by atoms with van der Waals surface area (Å²) >= 11 is 0. The number of phosphoric ester groups is 2. The molecule has 6 aliphatic heterocycles. The number of quaternary nitrogens is 1. The Hall–Kier alpha value is -3.16. The predicted octanol–water partition coefficient (Wildman–Crippen LogP) is -5.33. The van der Waals surface area contributed by atoms with E-state index in [1.165, 1.54) is 0 Å². The molecule has 14 unspecified atom stereocenters. The molecular weight excluding hydrogens is 854 g/mol. The molecule has 0 aromatic carbocycles. The quantitative estimate of drug-likeness (QED) is 0.0726. The van der Waals surface area contributed by atoms with Crippen molar-refractivity contribution in [2.45, 2.75) is 61.2 Å². The fourth-order valence-corrected chi connectivity index (χ4v) is 10.4. The van der Waals surface area contributed by atoms with Crippen LogP contribution in [-0.4, -0.2) is 172 Å². The van der Waals surface area contributed by atoms with E-state index in [-0.39, 0.29) is 17.8 Å². The number of fused-ring (bicyclic) bond motifs is 2. The van der Waals surface area contributed by atoms with Gasteiger partial charge in [-0.15, -0.1) is 0 Å². The molecule has 2 fully saturated rings. The molecule has 0 aromatic rings. The number of guanidine groups is 2. The number of amides is 2. The van der Waals surface area contributed by atoms with E-state index in [1.807, 2.05) is 0 Å². The van der Waals surface area contributed by atoms with Crippen molar-refractivity contribution >= 4 is 79.4 Å². The summed E-state index contributed by atoms with van der Waals surface area (Å²) in [6.07, 6.45) is -11.8. The highest BCUT2D eigenvalue weighted by Gasteiger charge is 2.53. The Kier molecular flexibility index (Phi) is 12.5. The number of hydrogen-bond donors (Lipinski definition) is 11. The molecule has 6 heterocycles. The van der Waals surface area contributed by atoms with Crippen molar-refractivity contribution < 1.29 is 99.3 Å². The van der Waals surface area contributed by atoms with Crippen LogP contribution in [0.25, 0.3) is 0 Å². The molecule has 0 saturated carbocycles. The SMILES string of the molecule is NC1=NC(=O)C2N=CN(C3OC(COP(=O)(O)OP(=O)(O)OP(=O)(O)OP(=O)(O)OCC4OC(N5C=NC6C(=O)N=C(N)N=C65)C(O)C4O)C(O)C3O)C2=N1.[NH4+]. The minimum Gasteiger partial charge on any atom is -0.387 e. The zero-order valence-electron chi connectivity index (χ0n) is 27.7. The van der Waals surface area contributed by atoms with Crippen LogP contribution < -0.4 is 17.6 Å². The number of amidine groups is 2. The van der Waals surface area contributed by atoms with E-state index in [0.717, 1.165) is 22.5 Å². The highest BCUT2D eigenvalue weighted by Crippen LogP contribution is 2.71. The van der Waals surface area contributed by atoms with Gasteiger partial charge in [-0.1, -0.05) is 0 Å². The fraction of sp³-hybridized carbons (Fsp3) is 0.600. The monoisotopic (exact) mass is 886 g/mol. The van der Waals surface area contributed by atoms with Crippen LogP contribution >= 0.6 is 31.3 Å². The minimum atomic E-state index is -6.25. The van der Waals surface area contributed by atoms with Crippen LogP contribution in [0.3, 0.4) is 0 Å². The van der Waals surface area contributed by atoms with Crippen molar-refractivity contribution in [2.75, 3.05) is 13.2 Å². The summed E-state index contributed by atoms with van der Waals surface area (Å²) in [5.74, 6) is -2.76. The van der Waals surface area contributed by atoms with E-state index in [1.54, 1.807) is 0 Å². The van der Waals surface area contributed by atoms with Gasteiger partial charge in [-0.3, -0.25) is 38.4 Å². The van der Waals surface area contributed by atoms with E-state index in [4.69, 9.17) is 20.9 Å². The van der Waals surface area contributed by atoms with E-state index in [9.17, 15) is 67.8 Å². The van der Waals surface area contributed by atoms with Gasteiger partial charge in [0.1, 0.15) is 36.6 Å². The van der Waals surface area contributed by atoms with Crippen molar-refractivity contribution in [3.05, 3.63) is 0 Å². The van der Waals surface area contributed by atoms with Gasteiger partial charge in [0, 0.05) is 0 Å². The third-order valence-electron chi connectivity index (χ3n) is 7.72. The highest BCUT2D eigenvalue weighted by molar-refractivity contribution is 7.69. The Balaban J connectivity index is 0.00000600. The molecule has 14 atom stereocenters. The Morgan fingerprint density at radius 2 is 0.946 bits per heavy atom. The highest BCUT2D eigenvalue weighted by atomic mass is 31.3. The van der Waals surface area contributed by atoms with Crippen LogP contribution in [0.2, 0.25) is 0 Å². The summed E-state index contributed by atoms with van der Waals surface area (Å²) in [6, 6.07) is -2.48. The Morgan fingerprint density at radius 3 is 1.30 bits per heavy atom. The molecule has 0 aromatic heterocycles. The number of nitrogens with zero attached hydrogens (tertiary/aromatic N) is 8. The minimum absolute atomic E-state index is 0. The summed E-state index contributed by atoms with van der Waals surface area (Å²) in [6.45, 7) is -2.35. The number of aliphatic hydroxyl groups excluding tert-OH is 4. The topological polar surface area (TPSA) is 498 Å². The van der Waals surface area contributed by atoms with E-state index in [0.29, 0.717) is 0 Å². The van der Waals surface area contributed by atoms with Gasteiger partial charge in [0.15, 0.2) is 36.2 Å². The summed E-state index contributed by atoms with van der Waals surface area (Å²) in [5, 5.41) is 41.8. The van der Waals surface area contributed by atoms with Crippen LogP contribution in [0.15, 0.2) is 30.0 Å². The van der Waals surface area contributed by atoms with Gasteiger partial charge < -0.3 is 67.1 Å². The van der Waals surface area contributed by atoms with Gasteiger partial charge in [-0.2, -0.15) is 32.9 Å².